The Bertz CT molecular complexity index is 888. The van der Waals surface area contributed by atoms with Crippen LogP contribution < -0.4 is 5.32 Å². The number of ketones is 1. The highest BCUT2D eigenvalue weighted by Gasteiger charge is 2.12. The molecule has 0 spiro atoms. The summed E-state index contributed by atoms with van der Waals surface area (Å²) >= 11 is 5.79. The molecule has 22 heavy (non-hydrogen) atoms. The van der Waals surface area contributed by atoms with E-state index in [1.165, 1.54) is 17.6 Å². The van der Waals surface area contributed by atoms with Gasteiger partial charge in [-0.25, -0.2) is 9.50 Å². The lowest BCUT2D eigenvalue weighted by Gasteiger charge is -2.04. The van der Waals surface area contributed by atoms with Gasteiger partial charge in [-0.05, 0) is 31.2 Å². The Morgan fingerprint density at radius 1 is 1.23 bits per heavy atom. The number of Topliss-reactive ketones (excluding diaryl/α,β-unsaturated/α-hetero) is 1. The molecule has 3 rings (SSSR count). The normalized spacial score (nSPS) is 10.6. The van der Waals surface area contributed by atoms with Crippen LogP contribution in [0.1, 0.15) is 27.8 Å². The van der Waals surface area contributed by atoms with E-state index in [0.29, 0.717) is 22.1 Å². The van der Waals surface area contributed by atoms with Crippen LogP contribution in [0.5, 0.6) is 0 Å². The number of fused-ring (bicyclic) bond motifs is 1. The summed E-state index contributed by atoms with van der Waals surface area (Å²) in [7, 11) is 0. The fourth-order valence-corrected chi connectivity index (χ4v) is 2.12. The van der Waals surface area contributed by atoms with Gasteiger partial charge in [-0.15, -0.1) is 0 Å². The molecule has 0 bridgehead atoms. The fourth-order valence-electron chi connectivity index (χ4n) is 1.98. The maximum absolute atomic E-state index is 12.2. The van der Waals surface area contributed by atoms with Gasteiger partial charge in [0.2, 0.25) is 0 Å². The van der Waals surface area contributed by atoms with Crippen molar-refractivity contribution in [3.8, 4) is 0 Å². The summed E-state index contributed by atoms with van der Waals surface area (Å²) in [6.45, 7) is 1.47. The topological polar surface area (TPSA) is 76.4 Å². The number of carbonyl (C=O) groups is 2. The summed E-state index contributed by atoms with van der Waals surface area (Å²) in [5, 5.41) is 7.03. The van der Waals surface area contributed by atoms with Crippen molar-refractivity contribution in [3.63, 3.8) is 0 Å². The van der Waals surface area contributed by atoms with E-state index in [-0.39, 0.29) is 17.4 Å². The van der Waals surface area contributed by atoms with Gasteiger partial charge < -0.3 is 5.32 Å². The van der Waals surface area contributed by atoms with Crippen LogP contribution in [-0.2, 0) is 0 Å². The number of hydrogen-bond acceptors (Lipinski definition) is 4. The number of anilines is 1. The van der Waals surface area contributed by atoms with Crippen molar-refractivity contribution in [2.45, 2.75) is 6.92 Å². The number of nitrogens with zero attached hydrogens (tertiary/aromatic N) is 3. The molecule has 1 amide bonds. The molecule has 3 aromatic rings. The van der Waals surface area contributed by atoms with Crippen LogP contribution in [0.15, 0.2) is 42.6 Å². The predicted octanol–water partition coefficient (Wildman–Crippen LogP) is 2.84. The van der Waals surface area contributed by atoms with Gasteiger partial charge in [0.1, 0.15) is 10.8 Å². The van der Waals surface area contributed by atoms with E-state index in [9.17, 15) is 9.59 Å². The largest absolute Gasteiger partial charge is 0.321 e. The predicted molar refractivity (Wildman–Crippen MR) is 82.4 cm³/mol. The molecule has 0 aliphatic rings. The second-order valence-corrected chi connectivity index (χ2v) is 5.06. The van der Waals surface area contributed by atoms with Gasteiger partial charge in [0.05, 0.1) is 6.20 Å². The van der Waals surface area contributed by atoms with Crippen LogP contribution in [0, 0.1) is 0 Å². The van der Waals surface area contributed by atoms with Crippen molar-refractivity contribution in [1.82, 2.24) is 14.6 Å². The molecule has 0 saturated heterocycles. The number of benzene rings is 1. The molecule has 1 N–H and O–H groups in total. The quantitative estimate of drug-likeness (QED) is 0.754. The molecule has 7 heteroatoms. The van der Waals surface area contributed by atoms with Crippen LogP contribution in [0.25, 0.3) is 5.65 Å². The maximum Gasteiger partial charge on any atom is 0.275 e. The summed E-state index contributed by atoms with van der Waals surface area (Å²) in [5.41, 5.74) is 1.79. The first-order chi connectivity index (χ1) is 10.5. The molecule has 2 heterocycles. The Balaban J connectivity index is 1.86. The van der Waals surface area contributed by atoms with E-state index >= 15 is 0 Å². The summed E-state index contributed by atoms with van der Waals surface area (Å²) in [4.78, 5) is 27.7. The van der Waals surface area contributed by atoms with Gasteiger partial charge >= 0.3 is 0 Å². The first kappa shape index (κ1) is 14.2. The third kappa shape index (κ3) is 2.82. The van der Waals surface area contributed by atoms with Crippen LogP contribution in [0.2, 0.25) is 5.15 Å². The van der Waals surface area contributed by atoms with Crippen LogP contribution in [0.3, 0.4) is 0 Å². The summed E-state index contributed by atoms with van der Waals surface area (Å²) in [6, 6.07) is 9.98. The Kier molecular flexibility index (Phi) is 3.60. The molecule has 0 saturated carbocycles. The highest BCUT2D eigenvalue weighted by Crippen LogP contribution is 2.13. The minimum atomic E-state index is -0.387. The zero-order valence-corrected chi connectivity index (χ0v) is 12.3. The number of halogens is 1. The average Bonchev–Trinajstić information content (AvgIpc) is 2.90. The zero-order chi connectivity index (χ0) is 15.7. The summed E-state index contributed by atoms with van der Waals surface area (Å²) in [5.74, 6) is -0.454. The smallest absolute Gasteiger partial charge is 0.275 e. The minimum absolute atomic E-state index is 0.0670. The van der Waals surface area contributed by atoms with Gasteiger partial charge in [0.15, 0.2) is 11.4 Å². The van der Waals surface area contributed by atoms with Crippen molar-refractivity contribution in [2.75, 3.05) is 5.32 Å². The number of hydrogen-bond donors (Lipinski definition) is 1. The highest BCUT2D eigenvalue weighted by molar-refractivity contribution is 6.29. The molecule has 2 aromatic heterocycles. The van der Waals surface area contributed by atoms with E-state index in [1.54, 1.807) is 36.4 Å². The Hall–Kier alpha value is -2.73. The molecular weight excluding hydrogens is 304 g/mol. The molecule has 0 aliphatic heterocycles. The van der Waals surface area contributed by atoms with Gasteiger partial charge in [-0.2, -0.15) is 5.10 Å². The van der Waals surface area contributed by atoms with E-state index in [2.05, 4.69) is 15.4 Å². The molecule has 1 aromatic carbocycles. The van der Waals surface area contributed by atoms with Gasteiger partial charge in [-0.1, -0.05) is 23.7 Å². The van der Waals surface area contributed by atoms with Crippen LogP contribution in [0.4, 0.5) is 5.69 Å². The Morgan fingerprint density at radius 3 is 2.82 bits per heavy atom. The molecule has 0 aliphatic carbocycles. The van der Waals surface area contributed by atoms with E-state index in [4.69, 9.17) is 11.6 Å². The fraction of sp³-hybridized carbons (Fsp3) is 0.0667. The molecule has 110 valence electrons. The molecule has 0 unspecified atom stereocenters. The van der Waals surface area contributed by atoms with Gasteiger partial charge in [-0.3, -0.25) is 9.59 Å². The average molecular weight is 315 g/mol. The van der Waals surface area contributed by atoms with E-state index in [1.807, 2.05) is 0 Å². The van der Waals surface area contributed by atoms with Crippen LogP contribution in [-0.4, -0.2) is 26.3 Å². The third-order valence-corrected chi connectivity index (χ3v) is 3.25. The SMILES string of the molecule is CC(=O)c1cccc(NC(=O)c2cn3nc(Cl)ccc3n2)c1. The Morgan fingerprint density at radius 2 is 2.05 bits per heavy atom. The second-order valence-electron chi connectivity index (χ2n) is 4.68. The number of rotatable bonds is 3. The molecule has 0 radical (unpaired) electrons. The summed E-state index contributed by atoms with van der Waals surface area (Å²) < 4.78 is 1.43. The van der Waals surface area contributed by atoms with E-state index in [0.717, 1.165) is 0 Å². The number of nitrogens with one attached hydrogen (secondary N) is 1. The zero-order valence-electron chi connectivity index (χ0n) is 11.6. The number of carbonyl (C=O) groups excluding carboxylic acids is 2. The van der Waals surface area contributed by atoms with Crippen LogP contribution >= 0.6 is 11.6 Å². The Labute approximate surface area is 130 Å². The molecule has 0 fully saturated rings. The number of aromatic nitrogens is 3. The number of imidazole rings is 1. The van der Waals surface area contributed by atoms with Crippen molar-refractivity contribution in [1.29, 1.82) is 0 Å². The molecule has 6 nitrogen and oxygen atoms in total. The minimum Gasteiger partial charge on any atom is -0.321 e. The van der Waals surface area contributed by atoms with Crippen molar-refractivity contribution < 1.29 is 9.59 Å². The third-order valence-electron chi connectivity index (χ3n) is 3.05. The van der Waals surface area contributed by atoms with Crippen molar-refractivity contribution >= 4 is 34.6 Å². The van der Waals surface area contributed by atoms with Crippen molar-refractivity contribution in [3.05, 3.63) is 59.0 Å². The molecular formula is C15H11ClN4O2. The lowest BCUT2D eigenvalue weighted by Crippen LogP contribution is -2.12. The maximum atomic E-state index is 12.2. The second kappa shape index (κ2) is 5.57. The van der Waals surface area contributed by atoms with Gasteiger partial charge in [0.25, 0.3) is 5.91 Å². The van der Waals surface area contributed by atoms with Crippen molar-refractivity contribution in [2.24, 2.45) is 0 Å². The molecule has 0 atom stereocenters. The lowest BCUT2D eigenvalue weighted by molar-refractivity contribution is 0.100. The monoisotopic (exact) mass is 314 g/mol. The highest BCUT2D eigenvalue weighted by atomic mass is 35.5. The number of amides is 1. The first-order valence-electron chi connectivity index (χ1n) is 6.47. The van der Waals surface area contributed by atoms with Gasteiger partial charge in [0, 0.05) is 11.3 Å². The lowest BCUT2D eigenvalue weighted by atomic mass is 10.1. The van der Waals surface area contributed by atoms with E-state index < -0.39 is 0 Å². The first-order valence-corrected chi connectivity index (χ1v) is 6.85. The standard InChI is InChI=1S/C15H11ClN4O2/c1-9(21)10-3-2-4-11(7-10)17-15(22)12-8-20-14(18-12)6-5-13(16)19-20/h2-8H,1H3,(H,17,22). The summed E-state index contributed by atoms with van der Waals surface area (Å²) in [6.07, 6.45) is 1.49.